The monoisotopic (exact) mass is 279 g/mol. The van der Waals surface area contributed by atoms with Crippen LogP contribution in [0.2, 0.25) is 0 Å². The van der Waals surface area contributed by atoms with Gasteiger partial charge in [0.25, 0.3) is 0 Å². The van der Waals surface area contributed by atoms with Crippen molar-refractivity contribution in [1.29, 1.82) is 0 Å². The molecule has 0 saturated heterocycles. The van der Waals surface area contributed by atoms with E-state index in [4.69, 9.17) is 15.2 Å². The molecule has 2 rings (SSSR count). The van der Waals surface area contributed by atoms with Gasteiger partial charge < -0.3 is 20.3 Å². The van der Waals surface area contributed by atoms with Crippen LogP contribution in [0.5, 0.6) is 11.5 Å². The predicted molar refractivity (Wildman–Crippen MR) is 79.0 cm³/mol. The quantitative estimate of drug-likeness (QED) is 0.840. The molecular weight excluding hydrogens is 254 g/mol. The van der Waals surface area contributed by atoms with Gasteiger partial charge in [-0.1, -0.05) is 25.3 Å². The van der Waals surface area contributed by atoms with Crippen molar-refractivity contribution in [3.05, 3.63) is 23.8 Å². The Morgan fingerprint density at radius 1 is 1.15 bits per heavy atom. The summed E-state index contributed by atoms with van der Waals surface area (Å²) in [6.45, 7) is 3.32. The minimum absolute atomic E-state index is 0.328. The largest absolute Gasteiger partial charge is 0.490 e. The Morgan fingerprint density at radius 2 is 1.90 bits per heavy atom. The highest BCUT2D eigenvalue weighted by Crippen LogP contribution is 2.32. The smallest absolute Gasteiger partial charge is 0.161 e. The molecule has 4 nitrogen and oxygen atoms in total. The average molecular weight is 279 g/mol. The fourth-order valence-corrected chi connectivity index (χ4v) is 2.63. The normalized spacial score (nSPS) is 17.8. The molecule has 0 atom stereocenters. The highest BCUT2D eigenvalue weighted by molar-refractivity contribution is 5.43. The Bertz CT molecular complexity index is 428. The molecule has 1 fully saturated rings. The van der Waals surface area contributed by atoms with Crippen LogP contribution in [0, 0.1) is 0 Å². The first-order valence-corrected chi connectivity index (χ1v) is 7.48. The van der Waals surface area contributed by atoms with Crippen LogP contribution in [0.4, 0.5) is 0 Å². The number of benzene rings is 1. The summed E-state index contributed by atoms with van der Waals surface area (Å²) < 4.78 is 11.4. The van der Waals surface area contributed by atoms with Crippen molar-refractivity contribution in [2.24, 2.45) is 5.73 Å². The molecule has 0 aromatic heterocycles. The Labute approximate surface area is 120 Å². The highest BCUT2D eigenvalue weighted by Gasteiger charge is 2.30. The summed E-state index contributed by atoms with van der Waals surface area (Å²) in [6, 6.07) is 5.71. The third-order valence-electron chi connectivity index (χ3n) is 3.82. The van der Waals surface area contributed by atoms with E-state index in [1.54, 1.807) is 0 Å². The molecule has 0 spiro atoms. The lowest BCUT2D eigenvalue weighted by Gasteiger charge is -2.31. The number of hydrogen-bond donors (Lipinski definition) is 2. The third kappa shape index (κ3) is 3.87. The maximum Gasteiger partial charge on any atom is 0.161 e. The summed E-state index contributed by atoms with van der Waals surface area (Å²) in [6.07, 6.45) is 4.99. The van der Waals surface area contributed by atoms with E-state index in [2.05, 4.69) is 0 Å². The van der Waals surface area contributed by atoms with Crippen LogP contribution >= 0.6 is 0 Å². The van der Waals surface area contributed by atoms with Gasteiger partial charge in [0.05, 0.1) is 12.2 Å². The molecule has 0 bridgehead atoms. The van der Waals surface area contributed by atoms with Crippen molar-refractivity contribution in [2.75, 3.05) is 13.2 Å². The first-order chi connectivity index (χ1) is 9.67. The van der Waals surface area contributed by atoms with E-state index in [9.17, 15) is 5.11 Å². The lowest BCUT2D eigenvalue weighted by atomic mass is 9.85. The van der Waals surface area contributed by atoms with Crippen molar-refractivity contribution in [3.63, 3.8) is 0 Å². The van der Waals surface area contributed by atoms with Gasteiger partial charge in [-0.2, -0.15) is 0 Å². The van der Waals surface area contributed by atoms with Gasteiger partial charge in [0.1, 0.15) is 6.61 Å². The number of aliphatic hydroxyl groups is 1. The number of rotatable bonds is 6. The van der Waals surface area contributed by atoms with E-state index in [0.717, 1.165) is 31.2 Å². The van der Waals surface area contributed by atoms with Gasteiger partial charge in [-0.25, -0.2) is 0 Å². The second-order valence-electron chi connectivity index (χ2n) is 5.49. The van der Waals surface area contributed by atoms with Gasteiger partial charge in [0.2, 0.25) is 0 Å². The standard InChI is InChI=1S/C16H25NO3/c1-2-19-15-10-13(11-17)6-7-14(15)20-12-16(18)8-4-3-5-9-16/h6-7,10,18H,2-5,8-9,11-12,17H2,1H3. The lowest BCUT2D eigenvalue weighted by Crippen LogP contribution is -2.37. The molecule has 0 aliphatic heterocycles. The molecule has 1 aliphatic rings. The van der Waals surface area contributed by atoms with Gasteiger partial charge in [0, 0.05) is 6.54 Å². The maximum absolute atomic E-state index is 10.5. The molecule has 4 heteroatoms. The molecule has 0 unspecified atom stereocenters. The first-order valence-electron chi connectivity index (χ1n) is 7.48. The van der Waals surface area contributed by atoms with Crippen LogP contribution in [0.15, 0.2) is 18.2 Å². The van der Waals surface area contributed by atoms with Crippen molar-refractivity contribution in [1.82, 2.24) is 0 Å². The molecule has 0 heterocycles. The molecule has 20 heavy (non-hydrogen) atoms. The van der Waals surface area contributed by atoms with E-state index in [0.29, 0.717) is 31.3 Å². The zero-order valence-electron chi connectivity index (χ0n) is 12.2. The second kappa shape index (κ2) is 6.95. The molecule has 0 radical (unpaired) electrons. The Morgan fingerprint density at radius 3 is 2.55 bits per heavy atom. The lowest BCUT2D eigenvalue weighted by molar-refractivity contribution is -0.0344. The van der Waals surface area contributed by atoms with E-state index in [1.165, 1.54) is 6.42 Å². The maximum atomic E-state index is 10.5. The minimum Gasteiger partial charge on any atom is -0.490 e. The van der Waals surface area contributed by atoms with E-state index < -0.39 is 5.60 Å². The number of nitrogens with two attached hydrogens (primary N) is 1. The molecule has 3 N–H and O–H groups in total. The first kappa shape index (κ1) is 15.1. The Kier molecular flexibility index (Phi) is 5.26. The van der Waals surface area contributed by atoms with Gasteiger partial charge in [-0.05, 0) is 37.5 Å². The summed E-state index contributed by atoms with van der Waals surface area (Å²) in [5.41, 5.74) is 5.97. The highest BCUT2D eigenvalue weighted by atomic mass is 16.5. The van der Waals surface area contributed by atoms with Crippen LogP contribution in [0.1, 0.15) is 44.6 Å². The van der Waals surface area contributed by atoms with Crippen LogP contribution < -0.4 is 15.2 Å². The molecule has 112 valence electrons. The topological polar surface area (TPSA) is 64.7 Å². The van der Waals surface area contributed by atoms with Crippen LogP contribution in [0.25, 0.3) is 0 Å². The average Bonchev–Trinajstić information content (AvgIpc) is 2.47. The molecule has 1 aromatic rings. The van der Waals surface area contributed by atoms with Crippen molar-refractivity contribution < 1.29 is 14.6 Å². The van der Waals surface area contributed by atoms with E-state index in [-0.39, 0.29) is 0 Å². The SMILES string of the molecule is CCOc1cc(CN)ccc1OCC1(O)CCCCC1. The van der Waals surface area contributed by atoms with E-state index >= 15 is 0 Å². The van der Waals surface area contributed by atoms with E-state index in [1.807, 2.05) is 25.1 Å². The summed E-state index contributed by atoms with van der Waals surface area (Å²) in [5.74, 6) is 1.39. The van der Waals surface area contributed by atoms with Crippen molar-refractivity contribution in [2.45, 2.75) is 51.2 Å². The molecular formula is C16H25NO3. The number of hydrogen-bond acceptors (Lipinski definition) is 4. The minimum atomic E-state index is -0.686. The molecule has 1 saturated carbocycles. The Hall–Kier alpha value is -1.26. The molecule has 0 amide bonds. The zero-order valence-corrected chi connectivity index (χ0v) is 12.2. The molecule has 1 aromatic carbocycles. The summed E-state index contributed by atoms with van der Waals surface area (Å²) in [7, 11) is 0. The zero-order chi connectivity index (χ0) is 14.4. The van der Waals surface area contributed by atoms with Gasteiger partial charge >= 0.3 is 0 Å². The second-order valence-corrected chi connectivity index (χ2v) is 5.49. The fraction of sp³-hybridized carbons (Fsp3) is 0.625. The van der Waals surface area contributed by atoms with Gasteiger partial charge in [0.15, 0.2) is 11.5 Å². The predicted octanol–water partition coefficient (Wildman–Crippen LogP) is 2.62. The van der Waals surface area contributed by atoms with Gasteiger partial charge in [-0.15, -0.1) is 0 Å². The van der Waals surface area contributed by atoms with Crippen LogP contribution in [-0.2, 0) is 6.54 Å². The van der Waals surface area contributed by atoms with Crippen LogP contribution in [0.3, 0.4) is 0 Å². The third-order valence-corrected chi connectivity index (χ3v) is 3.82. The van der Waals surface area contributed by atoms with Gasteiger partial charge in [-0.3, -0.25) is 0 Å². The summed E-state index contributed by atoms with van der Waals surface area (Å²) >= 11 is 0. The summed E-state index contributed by atoms with van der Waals surface area (Å²) in [5, 5.41) is 10.5. The van der Waals surface area contributed by atoms with Crippen molar-refractivity contribution >= 4 is 0 Å². The molecule has 1 aliphatic carbocycles. The fourth-order valence-electron chi connectivity index (χ4n) is 2.63. The van der Waals surface area contributed by atoms with Crippen molar-refractivity contribution in [3.8, 4) is 11.5 Å². The van der Waals surface area contributed by atoms with Crippen LogP contribution in [-0.4, -0.2) is 23.9 Å². The summed E-state index contributed by atoms with van der Waals surface area (Å²) in [4.78, 5) is 0. The Balaban J connectivity index is 2.04. The number of ether oxygens (including phenoxy) is 2.